The molecule has 2 amide bonds. The molecule has 0 atom stereocenters. The molecule has 2 fully saturated rings. The highest BCUT2D eigenvalue weighted by atomic mass is 19.3. The van der Waals surface area contributed by atoms with Crippen LogP contribution in [0, 0.1) is 0 Å². The molecule has 3 rings (SSSR count). The van der Waals surface area contributed by atoms with Gasteiger partial charge in [-0.2, -0.15) is 13.8 Å². The molecular formula is C22H34F2N6O5. The van der Waals surface area contributed by atoms with E-state index < -0.39 is 24.2 Å². The fourth-order valence-corrected chi connectivity index (χ4v) is 3.78. The van der Waals surface area contributed by atoms with Crippen LogP contribution in [-0.4, -0.2) is 88.6 Å². The Morgan fingerprint density at radius 1 is 1.20 bits per heavy atom. The molecule has 1 aromatic heterocycles. The summed E-state index contributed by atoms with van der Waals surface area (Å²) in [5.41, 5.74) is -0.374. The van der Waals surface area contributed by atoms with Gasteiger partial charge in [0.25, 0.3) is 5.91 Å². The third-order valence-corrected chi connectivity index (χ3v) is 5.57. The van der Waals surface area contributed by atoms with Crippen molar-refractivity contribution in [2.75, 3.05) is 36.9 Å². The fraction of sp³-hybridized carbons (Fsp3) is 0.727. The van der Waals surface area contributed by atoms with E-state index in [0.29, 0.717) is 44.6 Å². The average Bonchev–Trinajstić information content (AvgIpc) is 2.73. The number of nitrogens with zero attached hydrogens (tertiary/aromatic N) is 3. The molecule has 2 aliphatic rings. The number of ether oxygens (including phenoxy) is 2. The van der Waals surface area contributed by atoms with Crippen LogP contribution in [0.5, 0.6) is 0 Å². The predicted molar refractivity (Wildman–Crippen MR) is 123 cm³/mol. The zero-order valence-electron chi connectivity index (χ0n) is 20.2. The fourth-order valence-electron chi connectivity index (χ4n) is 3.78. The number of alkyl halides is 2. The number of carbonyl (C=O) groups is 2. The lowest BCUT2D eigenvalue weighted by Crippen LogP contribution is -2.61. The predicted octanol–water partition coefficient (Wildman–Crippen LogP) is 2.19. The first-order valence-corrected chi connectivity index (χ1v) is 11.7. The molecule has 0 radical (unpaired) electrons. The molecule has 1 saturated carbocycles. The van der Waals surface area contributed by atoms with Crippen LogP contribution < -0.4 is 16.0 Å². The Kier molecular flexibility index (Phi) is 9.00. The Morgan fingerprint density at radius 2 is 1.89 bits per heavy atom. The minimum absolute atomic E-state index is 0.0150. The van der Waals surface area contributed by atoms with Crippen LogP contribution in [0.15, 0.2) is 6.20 Å². The number of aromatic nitrogens is 2. The molecule has 35 heavy (non-hydrogen) atoms. The summed E-state index contributed by atoms with van der Waals surface area (Å²) in [5.74, 6) is 0.0711. The highest BCUT2D eigenvalue weighted by Crippen LogP contribution is 2.24. The van der Waals surface area contributed by atoms with Gasteiger partial charge in [0.15, 0.2) is 0 Å². The van der Waals surface area contributed by atoms with Gasteiger partial charge in [-0.15, -0.1) is 0 Å². The topological polar surface area (TPSA) is 138 Å². The Labute approximate surface area is 203 Å². The molecule has 4 N–H and O–H groups in total. The van der Waals surface area contributed by atoms with E-state index >= 15 is 0 Å². The molecule has 1 aliphatic heterocycles. The second-order valence-electron chi connectivity index (χ2n) is 9.72. The average molecular weight is 501 g/mol. The van der Waals surface area contributed by atoms with Gasteiger partial charge >= 0.3 is 12.7 Å². The minimum atomic E-state index is -2.86. The third kappa shape index (κ3) is 8.42. The van der Waals surface area contributed by atoms with Crippen LogP contribution in [0.2, 0.25) is 0 Å². The Bertz CT molecular complexity index is 870. The van der Waals surface area contributed by atoms with Gasteiger partial charge in [0.2, 0.25) is 5.95 Å². The monoisotopic (exact) mass is 500 g/mol. The Balaban J connectivity index is 1.61. The molecule has 0 spiro atoms. The van der Waals surface area contributed by atoms with Gasteiger partial charge < -0.3 is 35.4 Å². The summed E-state index contributed by atoms with van der Waals surface area (Å²) in [6, 6.07) is -0.224. The highest BCUT2D eigenvalue weighted by molar-refractivity contribution is 5.99. The number of halogens is 2. The summed E-state index contributed by atoms with van der Waals surface area (Å²) < 4.78 is 33.8. The van der Waals surface area contributed by atoms with Crippen LogP contribution in [0.1, 0.15) is 56.8 Å². The van der Waals surface area contributed by atoms with E-state index in [2.05, 4.69) is 30.7 Å². The summed E-state index contributed by atoms with van der Waals surface area (Å²) in [6.07, 6.45) is 3.31. The normalized spacial score (nSPS) is 20.8. The van der Waals surface area contributed by atoms with Crippen LogP contribution in [-0.2, 0) is 9.47 Å². The van der Waals surface area contributed by atoms with E-state index in [1.807, 2.05) is 0 Å². The molecule has 13 heteroatoms. The number of aliphatic hydroxyl groups is 1. The van der Waals surface area contributed by atoms with Crippen molar-refractivity contribution in [3.63, 3.8) is 0 Å². The summed E-state index contributed by atoms with van der Waals surface area (Å²) in [7, 11) is 0. The number of rotatable bonds is 9. The minimum Gasteiger partial charge on any atom is -0.444 e. The number of carbonyl (C=O) groups excluding carboxylic acids is 2. The first-order valence-electron chi connectivity index (χ1n) is 11.7. The Hall–Kier alpha value is -2.80. The first-order chi connectivity index (χ1) is 16.5. The molecule has 0 bridgehead atoms. The molecule has 196 valence electrons. The molecule has 0 aromatic carbocycles. The lowest BCUT2D eigenvalue weighted by Gasteiger charge is -2.40. The van der Waals surface area contributed by atoms with E-state index in [9.17, 15) is 23.5 Å². The summed E-state index contributed by atoms with van der Waals surface area (Å²) in [5, 5.41) is 18.7. The molecule has 1 aliphatic carbocycles. The molecule has 0 unspecified atom stereocenters. The van der Waals surface area contributed by atoms with Crippen molar-refractivity contribution in [2.45, 2.75) is 76.9 Å². The van der Waals surface area contributed by atoms with Crippen molar-refractivity contribution in [3.8, 4) is 0 Å². The van der Waals surface area contributed by atoms with Gasteiger partial charge in [-0.05, 0) is 46.5 Å². The van der Waals surface area contributed by atoms with E-state index in [-0.39, 0.29) is 42.9 Å². The second-order valence-corrected chi connectivity index (χ2v) is 9.72. The van der Waals surface area contributed by atoms with E-state index in [1.165, 1.54) is 11.1 Å². The summed E-state index contributed by atoms with van der Waals surface area (Å²) in [6.45, 7) is 2.99. The van der Waals surface area contributed by atoms with Crippen molar-refractivity contribution in [1.29, 1.82) is 0 Å². The quantitative estimate of drug-likeness (QED) is 0.376. The number of likely N-dealkylation sites (tertiary alicyclic amines) is 1. The van der Waals surface area contributed by atoms with Gasteiger partial charge in [0.1, 0.15) is 17.0 Å². The van der Waals surface area contributed by atoms with Gasteiger partial charge in [-0.3, -0.25) is 4.79 Å². The largest absolute Gasteiger partial charge is 0.444 e. The van der Waals surface area contributed by atoms with Crippen molar-refractivity contribution >= 4 is 23.8 Å². The van der Waals surface area contributed by atoms with Crippen molar-refractivity contribution < 1.29 is 33.0 Å². The highest BCUT2D eigenvalue weighted by Gasteiger charge is 2.35. The number of anilines is 2. The van der Waals surface area contributed by atoms with E-state index in [4.69, 9.17) is 4.74 Å². The summed E-state index contributed by atoms with van der Waals surface area (Å²) in [4.78, 5) is 35.1. The lowest BCUT2D eigenvalue weighted by atomic mass is 9.93. The molecule has 1 saturated heterocycles. The van der Waals surface area contributed by atoms with Crippen LogP contribution >= 0.6 is 0 Å². The molecule has 1 aromatic rings. The van der Waals surface area contributed by atoms with Crippen molar-refractivity contribution in [2.24, 2.45) is 0 Å². The zero-order chi connectivity index (χ0) is 25.6. The van der Waals surface area contributed by atoms with Gasteiger partial charge in [0, 0.05) is 31.9 Å². The Morgan fingerprint density at radius 3 is 2.51 bits per heavy atom. The standard InChI is InChI=1S/C22H34F2N6O5/c1-22(2,3)35-21(33)30-11-14(12-30)28-18(32)16-10-26-20(25-8-9-34-19(23)24)29-17(16)27-13-4-6-15(31)7-5-13/h10,13-15,19,31H,4-9,11-12H2,1-3H3,(H,28,32)(H2,25,26,27,29). The molecule has 2 heterocycles. The first kappa shape index (κ1) is 26.8. The maximum absolute atomic E-state index is 13.0. The molecular weight excluding hydrogens is 466 g/mol. The number of amides is 2. The van der Waals surface area contributed by atoms with E-state index in [1.54, 1.807) is 20.8 Å². The maximum atomic E-state index is 13.0. The van der Waals surface area contributed by atoms with E-state index in [0.717, 1.165) is 0 Å². The number of aliphatic hydroxyl groups excluding tert-OH is 1. The second kappa shape index (κ2) is 11.8. The van der Waals surface area contributed by atoms with Gasteiger partial charge in [-0.25, -0.2) is 9.78 Å². The lowest BCUT2D eigenvalue weighted by molar-refractivity contribution is -0.125. The zero-order valence-corrected chi connectivity index (χ0v) is 20.2. The van der Waals surface area contributed by atoms with Gasteiger partial charge in [0.05, 0.1) is 18.8 Å². The van der Waals surface area contributed by atoms with Crippen LogP contribution in [0.4, 0.5) is 25.3 Å². The van der Waals surface area contributed by atoms with Gasteiger partial charge in [-0.1, -0.05) is 0 Å². The maximum Gasteiger partial charge on any atom is 0.410 e. The van der Waals surface area contributed by atoms with Crippen LogP contribution in [0.25, 0.3) is 0 Å². The summed E-state index contributed by atoms with van der Waals surface area (Å²) >= 11 is 0. The SMILES string of the molecule is CC(C)(C)OC(=O)N1CC(NC(=O)c2cnc(NCCOC(F)F)nc2NC2CCC(O)CC2)C1. The van der Waals surface area contributed by atoms with Crippen LogP contribution in [0.3, 0.4) is 0 Å². The third-order valence-electron chi connectivity index (χ3n) is 5.57. The molecule has 11 nitrogen and oxygen atoms in total. The van der Waals surface area contributed by atoms with Crippen molar-refractivity contribution in [3.05, 3.63) is 11.8 Å². The number of hydrogen-bond acceptors (Lipinski definition) is 9. The smallest absolute Gasteiger partial charge is 0.410 e. The van der Waals surface area contributed by atoms with Crippen molar-refractivity contribution in [1.82, 2.24) is 20.2 Å². The number of nitrogens with one attached hydrogen (secondary N) is 3. The number of hydrogen-bond donors (Lipinski definition) is 4.